The van der Waals surface area contributed by atoms with Crippen molar-refractivity contribution in [2.75, 3.05) is 0 Å². The zero-order chi connectivity index (χ0) is 33.6. The Morgan fingerprint density at radius 2 is 1.10 bits per heavy atom. The van der Waals surface area contributed by atoms with Crippen molar-refractivity contribution in [2.45, 2.75) is 63.7 Å². The van der Waals surface area contributed by atoms with Gasteiger partial charge in [-0.2, -0.15) is 0 Å². The summed E-state index contributed by atoms with van der Waals surface area (Å²) in [5.41, 5.74) is 2.44. The van der Waals surface area contributed by atoms with E-state index < -0.39 is 29.9 Å². The summed E-state index contributed by atoms with van der Waals surface area (Å²) in [5.74, 6) is -0.644. The summed E-state index contributed by atoms with van der Waals surface area (Å²) < 4.78 is 26.1. The molecular formula is C41H41ClO6. The van der Waals surface area contributed by atoms with Crippen LogP contribution in [-0.4, -0.2) is 35.0 Å². The minimum absolute atomic E-state index is 0.0414. The third kappa shape index (κ3) is 9.86. The van der Waals surface area contributed by atoms with Gasteiger partial charge in [-0.05, 0) is 46.9 Å². The van der Waals surface area contributed by atoms with Crippen LogP contribution in [0.5, 0.6) is 0 Å². The third-order valence-electron chi connectivity index (χ3n) is 8.04. The summed E-state index contributed by atoms with van der Waals surface area (Å²) >= 11 is 6.26. The number of ether oxygens (including phenoxy) is 4. The molecule has 5 aromatic carbocycles. The van der Waals surface area contributed by atoms with Crippen LogP contribution in [-0.2, 0) is 56.6 Å². The molecule has 0 heterocycles. The maximum Gasteiger partial charge on any atom is 0.341 e. The van der Waals surface area contributed by atoms with E-state index in [1.165, 1.54) is 0 Å². The highest BCUT2D eigenvalue weighted by molar-refractivity contribution is 6.30. The van der Waals surface area contributed by atoms with Gasteiger partial charge in [0.1, 0.15) is 18.8 Å². The Kier molecular flexibility index (Phi) is 12.9. The van der Waals surface area contributed by atoms with Gasteiger partial charge in [-0.3, -0.25) is 0 Å². The summed E-state index contributed by atoms with van der Waals surface area (Å²) in [6, 6.07) is 45.7. The Bertz CT molecular complexity index is 1670. The molecule has 5 aromatic rings. The maximum absolute atomic E-state index is 14.8. The number of benzene rings is 5. The summed E-state index contributed by atoms with van der Waals surface area (Å²) in [6.45, 7) is 1.99. The molecular weight excluding hydrogens is 624 g/mol. The molecule has 48 heavy (non-hydrogen) atoms. The van der Waals surface area contributed by atoms with Crippen LogP contribution in [0.3, 0.4) is 0 Å². The molecule has 0 spiro atoms. The zero-order valence-corrected chi connectivity index (χ0v) is 27.7. The van der Waals surface area contributed by atoms with Crippen LogP contribution in [0.15, 0.2) is 146 Å². The number of halogens is 1. The molecule has 0 amide bonds. The fraction of sp³-hybridized carbons (Fsp3) is 0.244. The molecule has 0 aliphatic heterocycles. The van der Waals surface area contributed by atoms with Crippen LogP contribution in [0.4, 0.5) is 0 Å². The van der Waals surface area contributed by atoms with E-state index in [4.69, 9.17) is 30.5 Å². The lowest BCUT2D eigenvalue weighted by Gasteiger charge is -2.42. The van der Waals surface area contributed by atoms with Crippen molar-refractivity contribution in [3.63, 3.8) is 0 Å². The van der Waals surface area contributed by atoms with Gasteiger partial charge in [0.05, 0.1) is 25.9 Å². The van der Waals surface area contributed by atoms with Crippen molar-refractivity contribution in [2.24, 2.45) is 0 Å². The highest BCUT2D eigenvalue weighted by Crippen LogP contribution is 2.34. The van der Waals surface area contributed by atoms with Crippen molar-refractivity contribution in [3.05, 3.63) is 178 Å². The number of hydrogen-bond acceptors (Lipinski definition) is 6. The van der Waals surface area contributed by atoms with E-state index in [0.29, 0.717) is 5.02 Å². The van der Waals surface area contributed by atoms with Crippen molar-refractivity contribution in [1.29, 1.82) is 0 Å². The van der Waals surface area contributed by atoms with Gasteiger partial charge < -0.3 is 24.1 Å². The van der Waals surface area contributed by atoms with Crippen LogP contribution in [0, 0.1) is 0 Å². The molecule has 4 atom stereocenters. The zero-order valence-electron chi connectivity index (χ0n) is 27.0. The molecule has 0 fully saturated rings. The molecule has 0 radical (unpaired) electrons. The Morgan fingerprint density at radius 3 is 1.62 bits per heavy atom. The van der Waals surface area contributed by atoms with Gasteiger partial charge >= 0.3 is 5.97 Å². The van der Waals surface area contributed by atoms with Crippen molar-refractivity contribution >= 4 is 17.6 Å². The second-order valence-electron chi connectivity index (χ2n) is 11.8. The SMILES string of the molecule is C[C@@H](O)[C@@H](OCc1ccccc1)[C@H](OCc1ccccc1)[C@@](Cc1ccccc1)(OCc1ccccc1)C(=O)OCc1cccc(Cl)c1. The molecule has 0 unspecified atom stereocenters. The minimum Gasteiger partial charge on any atom is -0.459 e. The lowest BCUT2D eigenvalue weighted by molar-refractivity contribution is -0.232. The standard InChI is InChI=1S/C41H41ClO6/c1-31(43)38(45-27-33-17-8-3-9-18-33)39(46-28-34-19-10-4-11-20-34)41(26-32-15-6-2-7-16-32,48-30-35-21-12-5-13-22-35)40(44)47-29-36-23-14-24-37(42)25-36/h2-25,31,38-39,43H,26-30H2,1H3/t31-,38-,39+,41-/m1/s1. The number of carbonyl (C=O) groups is 1. The lowest BCUT2D eigenvalue weighted by Crippen LogP contribution is -2.62. The number of aliphatic hydroxyl groups excluding tert-OH is 1. The number of rotatable bonds is 17. The van der Waals surface area contributed by atoms with Gasteiger partial charge in [0.25, 0.3) is 0 Å². The van der Waals surface area contributed by atoms with E-state index in [-0.39, 0.29) is 32.8 Å². The first-order chi connectivity index (χ1) is 23.4. The summed E-state index contributed by atoms with van der Waals surface area (Å²) in [7, 11) is 0. The number of esters is 1. The highest BCUT2D eigenvalue weighted by Gasteiger charge is 2.54. The van der Waals surface area contributed by atoms with E-state index >= 15 is 0 Å². The van der Waals surface area contributed by atoms with Gasteiger partial charge in [0, 0.05) is 11.4 Å². The Morgan fingerprint density at radius 1 is 0.625 bits per heavy atom. The largest absolute Gasteiger partial charge is 0.459 e. The smallest absolute Gasteiger partial charge is 0.341 e. The van der Waals surface area contributed by atoms with Crippen LogP contribution in [0.25, 0.3) is 0 Å². The topological polar surface area (TPSA) is 74.2 Å². The third-order valence-corrected chi connectivity index (χ3v) is 8.28. The maximum atomic E-state index is 14.8. The Hall–Kier alpha value is -4.30. The summed E-state index contributed by atoms with van der Waals surface area (Å²) in [5, 5.41) is 11.9. The number of hydrogen-bond donors (Lipinski definition) is 1. The van der Waals surface area contributed by atoms with Crippen LogP contribution in [0.1, 0.15) is 34.7 Å². The molecule has 5 rings (SSSR count). The average Bonchev–Trinajstić information content (AvgIpc) is 3.12. The molecule has 1 N–H and O–H groups in total. The Balaban J connectivity index is 1.60. The van der Waals surface area contributed by atoms with Gasteiger partial charge in [0.2, 0.25) is 0 Å². The molecule has 0 aliphatic carbocycles. The van der Waals surface area contributed by atoms with Crippen molar-refractivity contribution in [1.82, 2.24) is 0 Å². The first-order valence-electron chi connectivity index (χ1n) is 16.1. The van der Waals surface area contributed by atoms with E-state index in [9.17, 15) is 9.90 Å². The van der Waals surface area contributed by atoms with Gasteiger partial charge in [0.15, 0.2) is 5.60 Å². The number of aliphatic hydroxyl groups is 1. The Labute approximate surface area is 287 Å². The van der Waals surface area contributed by atoms with E-state index in [0.717, 1.165) is 27.8 Å². The average molecular weight is 665 g/mol. The van der Waals surface area contributed by atoms with Crippen molar-refractivity contribution in [3.8, 4) is 0 Å². The second kappa shape index (κ2) is 17.7. The molecule has 0 aliphatic rings. The van der Waals surface area contributed by atoms with E-state index in [1.54, 1.807) is 25.1 Å². The predicted molar refractivity (Wildman–Crippen MR) is 187 cm³/mol. The van der Waals surface area contributed by atoms with Crippen LogP contribution in [0.2, 0.25) is 5.02 Å². The first kappa shape index (κ1) is 35.0. The molecule has 6 nitrogen and oxygen atoms in total. The molecule has 248 valence electrons. The fourth-order valence-electron chi connectivity index (χ4n) is 5.57. The number of carbonyl (C=O) groups excluding carboxylic acids is 1. The molecule has 7 heteroatoms. The predicted octanol–water partition coefficient (Wildman–Crippen LogP) is 8.13. The van der Waals surface area contributed by atoms with Crippen LogP contribution < -0.4 is 0 Å². The highest BCUT2D eigenvalue weighted by atomic mass is 35.5. The fourth-order valence-corrected chi connectivity index (χ4v) is 5.78. The van der Waals surface area contributed by atoms with E-state index in [1.807, 2.05) is 127 Å². The second-order valence-corrected chi connectivity index (χ2v) is 12.2. The van der Waals surface area contributed by atoms with Crippen molar-refractivity contribution < 1.29 is 28.8 Å². The van der Waals surface area contributed by atoms with E-state index in [2.05, 4.69) is 0 Å². The summed E-state index contributed by atoms with van der Waals surface area (Å²) in [4.78, 5) is 14.8. The lowest BCUT2D eigenvalue weighted by atomic mass is 9.83. The monoisotopic (exact) mass is 664 g/mol. The molecule has 0 saturated heterocycles. The quantitative estimate of drug-likeness (QED) is 0.101. The normalized spacial score (nSPS) is 14.4. The van der Waals surface area contributed by atoms with Gasteiger partial charge in [-0.15, -0.1) is 0 Å². The molecule has 0 bridgehead atoms. The van der Waals surface area contributed by atoms with Crippen LogP contribution >= 0.6 is 11.6 Å². The van der Waals surface area contributed by atoms with Gasteiger partial charge in [-0.25, -0.2) is 4.79 Å². The molecule has 0 saturated carbocycles. The van der Waals surface area contributed by atoms with Gasteiger partial charge in [-0.1, -0.05) is 145 Å². The first-order valence-corrected chi connectivity index (χ1v) is 16.4. The molecule has 0 aromatic heterocycles. The minimum atomic E-state index is -1.76. The summed E-state index contributed by atoms with van der Waals surface area (Å²) in [6.07, 6.45) is -3.07.